The number of halogens is 2. The summed E-state index contributed by atoms with van der Waals surface area (Å²) in [5.41, 5.74) is 0.629. The van der Waals surface area contributed by atoms with Gasteiger partial charge in [0, 0.05) is 28.9 Å². The van der Waals surface area contributed by atoms with Crippen molar-refractivity contribution >= 4 is 57.3 Å². The molecule has 0 spiro atoms. The SMILES string of the molecule is Cn1nc(C(=O)Nc2nnc(SCc3c(Cl)cccc3Cl)s2)ccc1=O. The molecule has 0 fully saturated rings. The highest BCUT2D eigenvalue weighted by Gasteiger charge is 2.13. The van der Waals surface area contributed by atoms with Gasteiger partial charge in [0.25, 0.3) is 11.5 Å². The quantitative estimate of drug-likeness (QED) is 0.494. The number of nitrogens with one attached hydrogen (secondary N) is 1. The minimum atomic E-state index is -0.470. The molecular weight excluding hydrogens is 417 g/mol. The van der Waals surface area contributed by atoms with E-state index in [1.807, 2.05) is 0 Å². The van der Waals surface area contributed by atoms with E-state index in [-0.39, 0.29) is 11.3 Å². The Morgan fingerprint density at radius 3 is 2.65 bits per heavy atom. The third kappa shape index (κ3) is 4.42. The Hall–Kier alpha value is -1.94. The highest BCUT2D eigenvalue weighted by atomic mass is 35.5. The van der Waals surface area contributed by atoms with Crippen LogP contribution in [0, 0.1) is 0 Å². The van der Waals surface area contributed by atoms with Crippen LogP contribution < -0.4 is 10.9 Å². The number of rotatable bonds is 5. The summed E-state index contributed by atoms with van der Waals surface area (Å²) in [7, 11) is 1.47. The van der Waals surface area contributed by atoms with Gasteiger partial charge in [0.15, 0.2) is 4.34 Å². The van der Waals surface area contributed by atoms with Crippen molar-refractivity contribution in [3.8, 4) is 0 Å². The van der Waals surface area contributed by atoms with Crippen molar-refractivity contribution in [3.05, 3.63) is 62.0 Å². The van der Waals surface area contributed by atoms with Crippen LogP contribution in [0.25, 0.3) is 0 Å². The van der Waals surface area contributed by atoms with Crippen molar-refractivity contribution in [1.82, 2.24) is 20.0 Å². The van der Waals surface area contributed by atoms with Crippen LogP contribution >= 0.6 is 46.3 Å². The molecule has 1 N–H and O–H groups in total. The molecule has 0 atom stereocenters. The molecular formula is C15H11Cl2N5O2S2. The van der Waals surface area contributed by atoms with Gasteiger partial charge in [-0.1, -0.05) is 52.4 Å². The number of anilines is 1. The molecule has 0 unspecified atom stereocenters. The van der Waals surface area contributed by atoms with Crippen molar-refractivity contribution in [3.63, 3.8) is 0 Å². The number of carbonyl (C=O) groups excluding carboxylic acids is 1. The topological polar surface area (TPSA) is 89.8 Å². The smallest absolute Gasteiger partial charge is 0.277 e. The molecule has 0 radical (unpaired) electrons. The van der Waals surface area contributed by atoms with Crippen LogP contribution in [0.2, 0.25) is 10.0 Å². The molecule has 0 aliphatic carbocycles. The van der Waals surface area contributed by atoms with E-state index in [1.165, 1.54) is 42.3 Å². The molecule has 26 heavy (non-hydrogen) atoms. The van der Waals surface area contributed by atoms with Gasteiger partial charge in [-0.25, -0.2) is 4.68 Å². The van der Waals surface area contributed by atoms with Gasteiger partial charge in [0.2, 0.25) is 5.13 Å². The summed E-state index contributed by atoms with van der Waals surface area (Å²) in [6.45, 7) is 0. The van der Waals surface area contributed by atoms with E-state index in [9.17, 15) is 9.59 Å². The summed E-state index contributed by atoms with van der Waals surface area (Å²) in [4.78, 5) is 23.5. The van der Waals surface area contributed by atoms with Crippen LogP contribution in [0.5, 0.6) is 0 Å². The van der Waals surface area contributed by atoms with Crippen LogP contribution in [0.3, 0.4) is 0 Å². The highest BCUT2D eigenvalue weighted by molar-refractivity contribution is 8.00. The molecule has 2 heterocycles. The summed E-state index contributed by atoms with van der Waals surface area (Å²) in [6.07, 6.45) is 0. The van der Waals surface area contributed by atoms with Crippen LogP contribution in [-0.4, -0.2) is 25.9 Å². The lowest BCUT2D eigenvalue weighted by Gasteiger charge is -2.04. The van der Waals surface area contributed by atoms with Gasteiger partial charge < -0.3 is 0 Å². The molecule has 0 bridgehead atoms. The van der Waals surface area contributed by atoms with Crippen molar-refractivity contribution in [1.29, 1.82) is 0 Å². The van der Waals surface area contributed by atoms with E-state index >= 15 is 0 Å². The van der Waals surface area contributed by atoms with Crippen molar-refractivity contribution in [2.24, 2.45) is 7.05 Å². The normalized spacial score (nSPS) is 10.7. The minimum absolute atomic E-state index is 0.111. The van der Waals surface area contributed by atoms with E-state index in [1.54, 1.807) is 18.2 Å². The third-order valence-corrected chi connectivity index (χ3v) is 5.93. The number of hydrogen-bond donors (Lipinski definition) is 1. The van der Waals surface area contributed by atoms with Gasteiger partial charge in [-0.2, -0.15) is 5.10 Å². The largest absolute Gasteiger partial charge is 0.295 e. The Labute approximate surface area is 166 Å². The standard InChI is InChI=1S/C15H11Cl2N5O2S2/c1-22-12(23)6-5-11(21-22)13(24)18-14-19-20-15(26-14)25-7-8-9(16)3-2-4-10(8)17/h2-6H,7H2,1H3,(H,18,19,24). The Bertz CT molecular complexity index is 1000. The number of amides is 1. The molecule has 3 aromatic rings. The number of benzene rings is 1. The average molecular weight is 428 g/mol. The maximum atomic E-state index is 12.2. The molecule has 0 saturated heterocycles. The molecule has 0 aliphatic rings. The fourth-order valence-electron chi connectivity index (χ4n) is 1.91. The van der Waals surface area contributed by atoms with Gasteiger partial charge in [-0.15, -0.1) is 10.2 Å². The average Bonchev–Trinajstić information content (AvgIpc) is 3.04. The van der Waals surface area contributed by atoms with Crippen molar-refractivity contribution < 1.29 is 4.79 Å². The zero-order valence-electron chi connectivity index (χ0n) is 13.3. The second kappa shape index (κ2) is 8.17. The zero-order valence-corrected chi connectivity index (χ0v) is 16.4. The summed E-state index contributed by atoms with van der Waals surface area (Å²) >= 11 is 14.9. The van der Waals surface area contributed by atoms with E-state index in [4.69, 9.17) is 23.2 Å². The first kappa shape index (κ1) is 18.8. The molecule has 7 nitrogen and oxygen atoms in total. The van der Waals surface area contributed by atoms with E-state index in [2.05, 4.69) is 20.6 Å². The second-order valence-electron chi connectivity index (χ2n) is 5.00. The Morgan fingerprint density at radius 1 is 1.23 bits per heavy atom. The fourth-order valence-corrected chi connectivity index (χ4v) is 4.40. The van der Waals surface area contributed by atoms with Crippen LogP contribution in [0.1, 0.15) is 16.1 Å². The summed E-state index contributed by atoms with van der Waals surface area (Å²) in [5.74, 6) is 0.0612. The Balaban J connectivity index is 1.65. The maximum Gasteiger partial charge on any atom is 0.277 e. The molecule has 0 aliphatic heterocycles. The Morgan fingerprint density at radius 2 is 1.96 bits per heavy atom. The lowest BCUT2D eigenvalue weighted by Crippen LogP contribution is -2.23. The first-order valence-electron chi connectivity index (χ1n) is 7.19. The summed E-state index contributed by atoms with van der Waals surface area (Å²) < 4.78 is 1.74. The molecule has 1 amide bonds. The van der Waals surface area contributed by atoms with E-state index in [0.717, 1.165) is 10.2 Å². The number of aryl methyl sites for hydroxylation is 1. The van der Waals surface area contributed by atoms with E-state index in [0.29, 0.717) is 25.3 Å². The predicted molar refractivity (Wildman–Crippen MR) is 103 cm³/mol. The molecule has 2 aromatic heterocycles. The number of aromatic nitrogens is 4. The van der Waals surface area contributed by atoms with Gasteiger partial charge in [0.1, 0.15) is 5.69 Å². The number of nitrogens with zero attached hydrogens (tertiary/aromatic N) is 4. The first-order valence-corrected chi connectivity index (χ1v) is 9.75. The Kier molecular flexibility index (Phi) is 5.92. The molecule has 11 heteroatoms. The van der Waals surface area contributed by atoms with Crippen LogP contribution in [-0.2, 0) is 12.8 Å². The van der Waals surface area contributed by atoms with Gasteiger partial charge >= 0.3 is 0 Å². The van der Waals surface area contributed by atoms with Gasteiger partial charge in [-0.05, 0) is 23.8 Å². The lowest BCUT2D eigenvalue weighted by molar-refractivity contribution is 0.102. The van der Waals surface area contributed by atoms with E-state index < -0.39 is 5.91 Å². The number of thioether (sulfide) groups is 1. The number of carbonyl (C=O) groups is 1. The second-order valence-corrected chi connectivity index (χ2v) is 8.01. The zero-order chi connectivity index (χ0) is 18.7. The van der Waals surface area contributed by atoms with Crippen molar-refractivity contribution in [2.45, 2.75) is 10.1 Å². The molecule has 0 saturated carbocycles. The van der Waals surface area contributed by atoms with Crippen molar-refractivity contribution in [2.75, 3.05) is 5.32 Å². The maximum absolute atomic E-state index is 12.2. The summed E-state index contributed by atoms with van der Waals surface area (Å²) in [6, 6.07) is 7.96. The monoisotopic (exact) mass is 427 g/mol. The predicted octanol–water partition coefficient (Wildman–Crippen LogP) is 3.48. The lowest BCUT2D eigenvalue weighted by atomic mass is 10.2. The highest BCUT2D eigenvalue weighted by Crippen LogP contribution is 2.33. The van der Waals surface area contributed by atoms with Crippen LogP contribution in [0.15, 0.2) is 39.5 Å². The van der Waals surface area contributed by atoms with Crippen LogP contribution in [0.4, 0.5) is 5.13 Å². The molecule has 1 aromatic carbocycles. The molecule has 134 valence electrons. The molecule has 3 rings (SSSR count). The first-order chi connectivity index (χ1) is 12.4. The third-order valence-electron chi connectivity index (χ3n) is 3.22. The summed E-state index contributed by atoms with van der Waals surface area (Å²) in [5, 5.41) is 16.0. The number of hydrogen-bond acceptors (Lipinski definition) is 7. The van der Waals surface area contributed by atoms with Gasteiger partial charge in [-0.3, -0.25) is 14.9 Å². The minimum Gasteiger partial charge on any atom is -0.295 e. The fraction of sp³-hybridized carbons (Fsp3) is 0.133. The van der Waals surface area contributed by atoms with Gasteiger partial charge in [0.05, 0.1) is 0 Å².